The number of aliphatic carboxylic acids is 1. The Labute approximate surface area is 120 Å². The highest BCUT2D eigenvalue weighted by Crippen LogP contribution is 2.32. The molecule has 1 N–H and O–H groups in total. The Morgan fingerprint density at radius 1 is 1.35 bits per heavy atom. The van der Waals surface area contributed by atoms with Gasteiger partial charge in [0.25, 0.3) is 0 Å². The predicted octanol–water partition coefficient (Wildman–Crippen LogP) is 1.90. The van der Waals surface area contributed by atoms with Crippen molar-refractivity contribution in [3.05, 3.63) is 0 Å². The van der Waals surface area contributed by atoms with Crippen molar-refractivity contribution in [1.29, 1.82) is 0 Å². The van der Waals surface area contributed by atoms with Crippen molar-refractivity contribution in [2.45, 2.75) is 51.6 Å². The van der Waals surface area contributed by atoms with Crippen LogP contribution in [-0.4, -0.2) is 47.2 Å². The van der Waals surface area contributed by atoms with E-state index in [2.05, 4.69) is 6.92 Å². The molecule has 0 radical (unpaired) electrons. The Balaban J connectivity index is 1.98. The number of hydrogen-bond donors (Lipinski definition) is 1. The lowest BCUT2D eigenvalue weighted by Crippen LogP contribution is -2.53. The number of carbonyl (C=O) groups excluding carboxylic acids is 1. The van der Waals surface area contributed by atoms with Gasteiger partial charge in [0.2, 0.25) is 5.91 Å². The van der Waals surface area contributed by atoms with Gasteiger partial charge >= 0.3 is 5.97 Å². The fraction of sp³-hybridized carbons (Fsp3) is 0.867. The number of carbonyl (C=O) groups is 2. The van der Waals surface area contributed by atoms with Crippen molar-refractivity contribution in [2.75, 3.05) is 19.7 Å². The first-order valence-corrected chi connectivity index (χ1v) is 7.61. The minimum absolute atomic E-state index is 0.121. The summed E-state index contributed by atoms with van der Waals surface area (Å²) in [5, 5.41) is 9.12. The number of rotatable bonds is 3. The fourth-order valence-corrected chi connectivity index (χ4v) is 3.23. The zero-order valence-corrected chi connectivity index (χ0v) is 12.4. The molecule has 20 heavy (non-hydrogen) atoms. The number of nitrogens with zero attached hydrogens (tertiary/aromatic N) is 1. The minimum Gasteiger partial charge on any atom is -0.481 e. The molecule has 1 aliphatic heterocycles. The van der Waals surface area contributed by atoms with Crippen molar-refractivity contribution in [1.82, 2.24) is 4.90 Å². The van der Waals surface area contributed by atoms with E-state index in [-0.39, 0.29) is 23.3 Å². The maximum Gasteiger partial charge on any atom is 0.306 e. The largest absolute Gasteiger partial charge is 0.481 e. The maximum absolute atomic E-state index is 12.6. The van der Waals surface area contributed by atoms with Crippen LogP contribution in [0.2, 0.25) is 0 Å². The fourth-order valence-electron chi connectivity index (χ4n) is 3.23. The molecule has 0 aromatic rings. The van der Waals surface area contributed by atoms with Gasteiger partial charge in [-0.1, -0.05) is 13.3 Å². The normalized spacial score (nSPS) is 34.8. The highest BCUT2D eigenvalue weighted by atomic mass is 16.5. The van der Waals surface area contributed by atoms with Crippen molar-refractivity contribution in [2.24, 2.45) is 11.8 Å². The van der Waals surface area contributed by atoms with Crippen LogP contribution in [0.1, 0.15) is 46.0 Å². The molecule has 0 bridgehead atoms. The molecule has 1 saturated heterocycles. The van der Waals surface area contributed by atoms with Gasteiger partial charge in [-0.05, 0) is 32.6 Å². The average Bonchev–Trinajstić information content (AvgIpc) is 2.46. The summed E-state index contributed by atoms with van der Waals surface area (Å²) < 4.78 is 5.75. The molecule has 0 aromatic carbocycles. The van der Waals surface area contributed by atoms with E-state index >= 15 is 0 Å². The van der Waals surface area contributed by atoms with E-state index in [0.29, 0.717) is 32.5 Å². The second-order valence-electron chi connectivity index (χ2n) is 6.31. The average molecular weight is 283 g/mol. The number of ether oxygens (including phenoxy) is 1. The summed E-state index contributed by atoms with van der Waals surface area (Å²) in [6.07, 6.45) is 3.73. The van der Waals surface area contributed by atoms with Crippen molar-refractivity contribution in [3.63, 3.8) is 0 Å². The van der Waals surface area contributed by atoms with Crippen LogP contribution in [0, 0.1) is 11.8 Å². The third-order valence-corrected chi connectivity index (χ3v) is 4.77. The van der Waals surface area contributed by atoms with Crippen LogP contribution in [0.15, 0.2) is 0 Å². The lowest BCUT2D eigenvalue weighted by Gasteiger charge is -2.42. The summed E-state index contributed by atoms with van der Waals surface area (Å²) in [4.78, 5) is 25.6. The Morgan fingerprint density at radius 3 is 2.70 bits per heavy atom. The van der Waals surface area contributed by atoms with E-state index in [9.17, 15) is 9.59 Å². The molecule has 1 aliphatic carbocycles. The van der Waals surface area contributed by atoms with Gasteiger partial charge in [-0.25, -0.2) is 0 Å². The highest BCUT2D eigenvalue weighted by Gasteiger charge is 2.37. The van der Waals surface area contributed by atoms with Crippen LogP contribution in [0.5, 0.6) is 0 Å². The van der Waals surface area contributed by atoms with Gasteiger partial charge in [-0.15, -0.1) is 0 Å². The Hall–Kier alpha value is -1.10. The van der Waals surface area contributed by atoms with Gasteiger partial charge in [0.1, 0.15) is 0 Å². The number of carboxylic acid groups (broad SMARTS) is 1. The van der Waals surface area contributed by atoms with Crippen LogP contribution < -0.4 is 0 Å². The molecule has 3 unspecified atom stereocenters. The molecule has 5 nitrogen and oxygen atoms in total. The molecule has 1 saturated carbocycles. The van der Waals surface area contributed by atoms with E-state index in [1.165, 1.54) is 0 Å². The van der Waals surface area contributed by atoms with Crippen molar-refractivity contribution < 1.29 is 19.4 Å². The molecule has 5 heteroatoms. The molecule has 0 spiro atoms. The standard InChI is InChI=1S/C15H25NO4/c1-3-15(2)10-16(7-8-20-15)13(17)11-5-4-6-12(9-11)14(18)19/h11-12H,3-10H2,1-2H3,(H,18,19). The molecule has 2 rings (SSSR count). The van der Waals surface area contributed by atoms with E-state index in [0.717, 1.165) is 19.3 Å². The zero-order valence-electron chi connectivity index (χ0n) is 12.4. The lowest BCUT2D eigenvalue weighted by molar-refractivity contribution is -0.155. The second kappa shape index (κ2) is 6.12. The van der Waals surface area contributed by atoms with Crippen LogP contribution in [0.25, 0.3) is 0 Å². The topological polar surface area (TPSA) is 66.8 Å². The minimum atomic E-state index is -0.761. The summed E-state index contributed by atoms with van der Waals surface area (Å²) in [6, 6.07) is 0. The first-order chi connectivity index (χ1) is 9.45. The summed E-state index contributed by atoms with van der Waals surface area (Å²) in [6.45, 7) is 5.92. The van der Waals surface area contributed by atoms with Gasteiger partial charge in [0.05, 0.1) is 18.1 Å². The van der Waals surface area contributed by atoms with Crippen LogP contribution in [-0.2, 0) is 14.3 Å². The van der Waals surface area contributed by atoms with E-state index < -0.39 is 5.97 Å². The maximum atomic E-state index is 12.6. The van der Waals surface area contributed by atoms with Gasteiger partial charge in [-0.3, -0.25) is 9.59 Å². The summed E-state index contributed by atoms with van der Waals surface area (Å²) in [5.41, 5.74) is -0.255. The molecule has 0 aromatic heterocycles. The molecule has 3 atom stereocenters. The third kappa shape index (κ3) is 3.32. The van der Waals surface area contributed by atoms with Gasteiger partial charge < -0.3 is 14.7 Å². The Kier molecular flexibility index (Phi) is 4.68. The van der Waals surface area contributed by atoms with Gasteiger partial charge in [0, 0.05) is 19.0 Å². The predicted molar refractivity (Wildman–Crippen MR) is 74.3 cm³/mol. The first-order valence-electron chi connectivity index (χ1n) is 7.61. The van der Waals surface area contributed by atoms with Gasteiger partial charge in [0.15, 0.2) is 0 Å². The number of hydrogen-bond acceptors (Lipinski definition) is 3. The number of amides is 1. The summed E-state index contributed by atoms with van der Waals surface area (Å²) >= 11 is 0. The molecule has 114 valence electrons. The monoisotopic (exact) mass is 283 g/mol. The van der Waals surface area contributed by atoms with Crippen molar-refractivity contribution >= 4 is 11.9 Å². The zero-order chi connectivity index (χ0) is 14.8. The number of morpholine rings is 1. The van der Waals surface area contributed by atoms with E-state index in [1.54, 1.807) is 0 Å². The molecule has 1 amide bonds. The van der Waals surface area contributed by atoms with Crippen molar-refractivity contribution in [3.8, 4) is 0 Å². The smallest absolute Gasteiger partial charge is 0.306 e. The molecule has 2 aliphatic rings. The van der Waals surface area contributed by atoms with Crippen LogP contribution >= 0.6 is 0 Å². The molecule has 2 fully saturated rings. The Bertz CT molecular complexity index is 384. The quantitative estimate of drug-likeness (QED) is 0.859. The first kappa shape index (κ1) is 15.3. The highest BCUT2D eigenvalue weighted by molar-refractivity contribution is 5.80. The molecular weight excluding hydrogens is 258 g/mol. The summed E-state index contributed by atoms with van der Waals surface area (Å²) in [7, 11) is 0. The Morgan fingerprint density at radius 2 is 2.05 bits per heavy atom. The third-order valence-electron chi connectivity index (χ3n) is 4.77. The second-order valence-corrected chi connectivity index (χ2v) is 6.31. The summed E-state index contributed by atoms with van der Waals surface area (Å²) in [5.74, 6) is -1.11. The van der Waals surface area contributed by atoms with E-state index in [1.807, 2.05) is 11.8 Å². The van der Waals surface area contributed by atoms with Gasteiger partial charge in [-0.2, -0.15) is 0 Å². The molecular formula is C15H25NO4. The molecule has 1 heterocycles. The van der Waals surface area contributed by atoms with Crippen LogP contribution in [0.4, 0.5) is 0 Å². The van der Waals surface area contributed by atoms with E-state index in [4.69, 9.17) is 9.84 Å². The SMILES string of the molecule is CCC1(C)CN(C(=O)C2CCCC(C(=O)O)C2)CCO1. The number of carboxylic acids is 1. The lowest BCUT2D eigenvalue weighted by atomic mass is 9.80. The van der Waals surface area contributed by atoms with Crippen LogP contribution in [0.3, 0.4) is 0 Å².